The number of fused-ring (bicyclic) bond motifs is 5. The molecule has 4 rings (SSSR count). The van der Waals surface area contributed by atoms with E-state index in [1.54, 1.807) is 6.08 Å². The molecule has 28 heavy (non-hydrogen) atoms. The zero-order valence-corrected chi connectivity index (χ0v) is 17.8. The minimum absolute atomic E-state index is 0.144. The van der Waals surface area contributed by atoms with Gasteiger partial charge in [0.15, 0.2) is 5.78 Å². The number of aliphatic hydroxyl groups is 1. The van der Waals surface area contributed by atoms with E-state index in [2.05, 4.69) is 13.8 Å². The Morgan fingerprint density at radius 2 is 2.11 bits per heavy atom. The normalized spacial score (nSPS) is 56.6. The standard InChI is InChI=1S/C24H36O4/c1-6-28-21(27)24(5)14(2)11-18-17-8-7-15-12-16(25)9-10-22(15,3)20(17)19(26)13-23(18,24)4/h12,14,17-20,26H,6-11,13H2,1-5H3/t14-,17+,18+,19?,20-,22+,23+,24-/m1/s1/i9T,10T/t9?,10?,14-,17+,18+,19?,20-,22+,23+,24-. The third-order valence-electron chi connectivity index (χ3n) is 9.36. The van der Waals surface area contributed by atoms with Crippen LogP contribution in [0.25, 0.3) is 0 Å². The largest absolute Gasteiger partial charge is 0.466 e. The van der Waals surface area contributed by atoms with E-state index in [-0.39, 0.29) is 40.8 Å². The topological polar surface area (TPSA) is 63.6 Å². The highest BCUT2D eigenvalue weighted by Gasteiger charge is 2.69. The molecule has 3 fully saturated rings. The van der Waals surface area contributed by atoms with Gasteiger partial charge < -0.3 is 9.84 Å². The number of carbonyl (C=O) groups excluding carboxylic acids is 2. The van der Waals surface area contributed by atoms with Crippen LogP contribution in [-0.4, -0.2) is 29.6 Å². The van der Waals surface area contributed by atoms with Crippen LogP contribution < -0.4 is 0 Å². The van der Waals surface area contributed by atoms with Gasteiger partial charge in [-0.05, 0) is 86.5 Å². The zero-order valence-electron chi connectivity index (χ0n) is 19.8. The van der Waals surface area contributed by atoms with Gasteiger partial charge in [0.1, 0.15) is 0 Å². The van der Waals surface area contributed by atoms with Crippen LogP contribution in [0.2, 0.25) is 0 Å². The fraction of sp³-hybridized carbons (Fsp3) is 0.833. The lowest BCUT2D eigenvalue weighted by molar-refractivity contribution is -0.180. The van der Waals surface area contributed by atoms with Gasteiger partial charge in [-0.1, -0.05) is 26.3 Å². The summed E-state index contributed by atoms with van der Waals surface area (Å²) in [6, 6.07) is 0. The van der Waals surface area contributed by atoms with Gasteiger partial charge in [-0.3, -0.25) is 9.59 Å². The molecular formula is C24H36O4. The Kier molecular flexibility index (Phi) is 4.05. The van der Waals surface area contributed by atoms with Crippen molar-refractivity contribution in [1.29, 1.82) is 0 Å². The summed E-state index contributed by atoms with van der Waals surface area (Å²) in [7, 11) is 0. The molecule has 0 spiro atoms. The first-order valence-electron chi connectivity index (χ1n) is 12.0. The van der Waals surface area contributed by atoms with E-state index in [0.717, 1.165) is 24.8 Å². The molecule has 3 unspecified atom stereocenters. The number of hydrogen-bond acceptors (Lipinski definition) is 4. The van der Waals surface area contributed by atoms with Gasteiger partial charge in [0.25, 0.3) is 0 Å². The molecule has 0 aromatic heterocycles. The zero-order chi connectivity index (χ0) is 22.2. The number of carbonyl (C=O) groups is 2. The highest BCUT2D eigenvalue weighted by atomic mass is 16.5. The Labute approximate surface area is 171 Å². The van der Waals surface area contributed by atoms with E-state index < -0.39 is 29.7 Å². The summed E-state index contributed by atoms with van der Waals surface area (Å²) in [5.41, 5.74) is -0.758. The lowest BCUT2D eigenvalue weighted by Gasteiger charge is -2.60. The quantitative estimate of drug-likeness (QED) is 0.712. The van der Waals surface area contributed by atoms with Crippen LogP contribution in [0.4, 0.5) is 0 Å². The van der Waals surface area contributed by atoms with Crippen LogP contribution in [0.1, 0.15) is 75.8 Å². The van der Waals surface area contributed by atoms with Gasteiger partial charge >= 0.3 is 5.97 Å². The van der Waals surface area contributed by atoms with Crippen LogP contribution in [-0.2, 0) is 14.3 Å². The summed E-state index contributed by atoms with van der Waals surface area (Å²) in [4.78, 5) is 25.4. The lowest BCUT2D eigenvalue weighted by Crippen LogP contribution is -2.59. The predicted molar refractivity (Wildman–Crippen MR) is 107 cm³/mol. The molecule has 0 aromatic carbocycles. The first-order valence-corrected chi connectivity index (χ1v) is 10.9. The number of hydrogen-bond donors (Lipinski definition) is 1. The van der Waals surface area contributed by atoms with E-state index in [1.807, 2.05) is 20.8 Å². The van der Waals surface area contributed by atoms with Crippen molar-refractivity contribution in [3.63, 3.8) is 0 Å². The van der Waals surface area contributed by atoms with Crippen molar-refractivity contribution in [2.75, 3.05) is 6.61 Å². The molecule has 4 aliphatic rings. The van der Waals surface area contributed by atoms with Crippen LogP contribution >= 0.6 is 0 Å². The summed E-state index contributed by atoms with van der Waals surface area (Å²) in [6.07, 6.45) is 1.95. The SMILES string of the molecule is [3H]C1C(=O)C=C2CC[C@H]3[C@@H]4C[C@@H](C)[C@](C)(C(=O)OCC)[C@@]4(C)CC(O)[C@@H]3[C@@]2(C)C1[3H]. The maximum absolute atomic E-state index is 13.1. The second kappa shape index (κ2) is 6.42. The summed E-state index contributed by atoms with van der Waals surface area (Å²) in [5.74, 6) is -0.0266. The smallest absolute Gasteiger partial charge is 0.312 e. The van der Waals surface area contributed by atoms with Crippen molar-refractivity contribution >= 4 is 11.8 Å². The number of aliphatic hydroxyl groups excluding tert-OH is 1. The molecule has 0 aliphatic heterocycles. The third-order valence-corrected chi connectivity index (χ3v) is 9.36. The summed E-state index contributed by atoms with van der Waals surface area (Å²) >= 11 is 0. The van der Waals surface area contributed by atoms with E-state index in [1.165, 1.54) is 0 Å². The van der Waals surface area contributed by atoms with Gasteiger partial charge in [-0.15, -0.1) is 0 Å². The van der Waals surface area contributed by atoms with Gasteiger partial charge in [0.2, 0.25) is 0 Å². The first-order chi connectivity index (χ1) is 13.9. The fourth-order valence-electron chi connectivity index (χ4n) is 7.60. The molecule has 0 aromatic rings. The predicted octanol–water partition coefficient (Wildman–Crippen LogP) is 4.30. The monoisotopic (exact) mass is 392 g/mol. The highest BCUT2D eigenvalue weighted by Crippen LogP contribution is 2.71. The molecule has 156 valence electrons. The Balaban J connectivity index is 1.78. The minimum Gasteiger partial charge on any atom is -0.466 e. The average Bonchev–Trinajstić information content (AvgIpc) is 2.89. The third kappa shape index (κ3) is 2.39. The van der Waals surface area contributed by atoms with Gasteiger partial charge in [0.05, 0.1) is 18.1 Å². The number of ketones is 1. The van der Waals surface area contributed by atoms with Crippen molar-refractivity contribution in [2.24, 2.45) is 39.9 Å². The van der Waals surface area contributed by atoms with Crippen LogP contribution in [0.5, 0.6) is 0 Å². The fourth-order valence-corrected chi connectivity index (χ4v) is 7.60. The van der Waals surface area contributed by atoms with Crippen LogP contribution in [0, 0.1) is 39.9 Å². The van der Waals surface area contributed by atoms with Crippen molar-refractivity contribution < 1.29 is 22.2 Å². The Morgan fingerprint density at radius 1 is 1.39 bits per heavy atom. The van der Waals surface area contributed by atoms with Gasteiger partial charge in [-0.2, -0.15) is 0 Å². The lowest BCUT2D eigenvalue weighted by atomic mass is 9.44. The van der Waals surface area contributed by atoms with Crippen LogP contribution in [0.15, 0.2) is 11.6 Å². The molecule has 10 atom stereocenters. The molecule has 4 heteroatoms. The molecule has 4 nitrogen and oxygen atoms in total. The second-order valence-corrected chi connectivity index (χ2v) is 10.3. The molecule has 0 heterocycles. The Morgan fingerprint density at radius 3 is 2.79 bits per heavy atom. The average molecular weight is 393 g/mol. The Hall–Kier alpha value is -1.16. The van der Waals surface area contributed by atoms with Crippen molar-refractivity contribution in [1.82, 2.24) is 0 Å². The van der Waals surface area contributed by atoms with E-state index in [0.29, 0.717) is 13.0 Å². The number of allylic oxidation sites excluding steroid dienone is 1. The molecule has 0 radical (unpaired) electrons. The molecule has 0 amide bonds. The summed E-state index contributed by atoms with van der Waals surface area (Å²) in [5, 5.41) is 11.5. The minimum atomic E-state index is -1.09. The van der Waals surface area contributed by atoms with Crippen LogP contribution in [0.3, 0.4) is 0 Å². The van der Waals surface area contributed by atoms with Crippen molar-refractivity contribution in [3.05, 3.63) is 11.6 Å². The molecule has 4 aliphatic carbocycles. The van der Waals surface area contributed by atoms with Crippen molar-refractivity contribution in [2.45, 2.75) is 79.2 Å². The molecule has 1 N–H and O–H groups in total. The summed E-state index contributed by atoms with van der Waals surface area (Å²) < 4.78 is 22.6. The van der Waals surface area contributed by atoms with E-state index in [4.69, 9.17) is 7.48 Å². The molecule has 0 bridgehead atoms. The first kappa shape index (κ1) is 17.7. The van der Waals surface area contributed by atoms with Gasteiger partial charge in [-0.25, -0.2) is 0 Å². The summed E-state index contributed by atoms with van der Waals surface area (Å²) in [6.45, 7) is 10.5. The second-order valence-electron chi connectivity index (χ2n) is 10.3. The molecular weight excluding hydrogens is 352 g/mol. The maximum atomic E-state index is 13.1. The van der Waals surface area contributed by atoms with E-state index in [9.17, 15) is 14.7 Å². The molecule has 3 saturated carbocycles. The number of esters is 1. The number of ether oxygens (including phenoxy) is 1. The van der Waals surface area contributed by atoms with Crippen molar-refractivity contribution in [3.8, 4) is 0 Å². The van der Waals surface area contributed by atoms with Gasteiger partial charge in [0, 0.05) is 9.14 Å². The maximum Gasteiger partial charge on any atom is 0.312 e. The molecule has 0 saturated heterocycles. The Bertz CT molecular complexity index is 796. The number of rotatable bonds is 2. The van der Waals surface area contributed by atoms with E-state index >= 15 is 0 Å². The highest BCUT2D eigenvalue weighted by molar-refractivity contribution is 5.91.